The Morgan fingerprint density at radius 3 is 2.73 bits per heavy atom. The highest BCUT2D eigenvalue weighted by molar-refractivity contribution is 7.92. The predicted molar refractivity (Wildman–Crippen MR) is 100 cm³/mol. The average Bonchev–Trinajstić information content (AvgIpc) is 3.15. The Morgan fingerprint density at radius 1 is 1.31 bits per heavy atom. The number of aromatic nitrogens is 2. The molecule has 3 rings (SSSR count). The smallest absolute Gasteiger partial charge is 0.253 e. The van der Waals surface area contributed by atoms with E-state index in [1.807, 2.05) is 15.7 Å². The van der Waals surface area contributed by atoms with Crippen LogP contribution in [0.15, 0.2) is 43.0 Å². The molecule has 0 bridgehead atoms. The number of benzene rings is 1. The van der Waals surface area contributed by atoms with Crippen molar-refractivity contribution in [2.45, 2.75) is 26.3 Å². The van der Waals surface area contributed by atoms with E-state index in [1.165, 1.54) is 0 Å². The third-order valence-electron chi connectivity index (χ3n) is 4.62. The molecule has 2 aromatic rings. The molecule has 2 heterocycles. The predicted octanol–water partition coefficient (Wildman–Crippen LogP) is 2.20. The largest absolute Gasteiger partial charge is 0.338 e. The number of rotatable bonds is 6. The molecule has 0 saturated carbocycles. The molecular formula is C18H24N4O3S. The molecule has 140 valence electrons. The van der Waals surface area contributed by atoms with E-state index in [9.17, 15) is 13.2 Å². The number of hydrogen-bond donors (Lipinski definition) is 1. The minimum Gasteiger partial charge on any atom is -0.338 e. The zero-order chi connectivity index (χ0) is 18.6. The summed E-state index contributed by atoms with van der Waals surface area (Å²) in [5.41, 5.74) is 1.05. The number of hydrogen-bond acceptors (Lipinski definition) is 4. The summed E-state index contributed by atoms with van der Waals surface area (Å²) in [6.45, 7) is 3.92. The maximum absolute atomic E-state index is 12.8. The van der Waals surface area contributed by atoms with E-state index in [0.29, 0.717) is 17.2 Å². The first kappa shape index (κ1) is 18.4. The highest BCUT2D eigenvalue weighted by atomic mass is 32.2. The number of likely N-dealkylation sites (tertiary alicyclic amines) is 1. The van der Waals surface area contributed by atoms with Gasteiger partial charge in [0.2, 0.25) is 10.0 Å². The maximum Gasteiger partial charge on any atom is 0.253 e. The van der Waals surface area contributed by atoms with Crippen molar-refractivity contribution in [1.82, 2.24) is 14.5 Å². The van der Waals surface area contributed by atoms with Gasteiger partial charge in [-0.2, -0.15) is 0 Å². The lowest BCUT2D eigenvalue weighted by molar-refractivity contribution is 0.0662. The van der Waals surface area contributed by atoms with Crippen LogP contribution in [-0.4, -0.2) is 47.6 Å². The SMILES string of the molecule is CCS(=O)(=O)Nc1ccc(C(=O)N2CCCC(Cn3ccnc3)C2)cc1. The van der Waals surface area contributed by atoms with Gasteiger partial charge in [-0.05, 0) is 49.9 Å². The third-order valence-corrected chi connectivity index (χ3v) is 5.93. The van der Waals surface area contributed by atoms with Crippen LogP contribution in [-0.2, 0) is 16.6 Å². The molecule has 0 aliphatic carbocycles. The topological polar surface area (TPSA) is 84.3 Å². The van der Waals surface area contributed by atoms with Crippen LogP contribution in [0.4, 0.5) is 5.69 Å². The summed E-state index contributed by atoms with van der Waals surface area (Å²) >= 11 is 0. The van der Waals surface area contributed by atoms with E-state index < -0.39 is 10.0 Å². The fourth-order valence-corrected chi connectivity index (χ4v) is 3.85. The molecule has 0 spiro atoms. The van der Waals surface area contributed by atoms with Gasteiger partial charge in [0.25, 0.3) is 5.91 Å². The average molecular weight is 376 g/mol. The van der Waals surface area contributed by atoms with Crippen LogP contribution >= 0.6 is 0 Å². The minimum absolute atomic E-state index is 0.00905. The first-order valence-electron chi connectivity index (χ1n) is 8.82. The van der Waals surface area contributed by atoms with Gasteiger partial charge in [-0.3, -0.25) is 9.52 Å². The van der Waals surface area contributed by atoms with Gasteiger partial charge >= 0.3 is 0 Å². The molecule has 1 N–H and O–H groups in total. The minimum atomic E-state index is -3.31. The molecule has 1 atom stereocenters. The molecule has 1 saturated heterocycles. The van der Waals surface area contributed by atoms with Crippen molar-refractivity contribution in [3.8, 4) is 0 Å². The van der Waals surface area contributed by atoms with Crippen molar-refractivity contribution < 1.29 is 13.2 Å². The lowest BCUT2D eigenvalue weighted by Gasteiger charge is -2.33. The molecular weight excluding hydrogens is 352 g/mol. The van der Waals surface area contributed by atoms with Gasteiger partial charge in [-0.15, -0.1) is 0 Å². The second kappa shape index (κ2) is 7.90. The summed E-state index contributed by atoms with van der Waals surface area (Å²) < 4.78 is 27.8. The van der Waals surface area contributed by atoms with Crippen LogP contribution < -0.4 is 4.72 Å². The summed E-state index contributed by atoms with van der Waals surface area (Å²) in [6.07, 6.45) is 7.59. The lowest BCUT2D eigenvalue weighted by atomic mass is 9.97. The summed E-state index contributed by atoms with van der Waals surface area (Å²) in [7, 11) is -3.31. The maximum atomic E-state index is 12.8. The van der Waals surface area contributed by atoms with Crippen LogP contribution in [0.25, 0.3) is 0 Å². The van der Waals surface area contributed by atoms with Crippen molar-refractivity contribution in [1.29, 1.82) is 0 Å². The van der Waals surface area contributed by atoms with Crippen molar-refractivity contribution in [2.24, 2.45) is 5.92 Å². The molecule has 1 fully saturated rings. The van der Waals surface area contributed by atoms with Crippen LogP contribution in [0.5, 0.6) is 0 Å². The van der Waals surface area contributed by atoms with E-state index in [1.54, 1.807) is 43.7 Å². The van der Waals surface area contributed by atoms with Gasteiger partial charge in [-0.25, -0.2) is 13.4 Å². The van der Waals surface area contributed by atoms with E-state index in [4.69, 9.17) is 0 Å². The number of amides is 1. The van der Waals surface area contributed by atoms with Gasteiger partial charge in [0.15, 0.2) is 0 Å². The number of carbonyl (C=O) groups is 1. The number of imidazole rings is 1. The Hall–Kier alpha value is -2.35. The highest BCUT2D eigenvalue weighted by Crippen LogP contribution is 2.21. The number of sulfonamides is 1. The molecule has 0 radical (unpaired) electrons. The van der Waals surface area contributed by atoms with Gasteiger partial charge < -0.3 is 9.47 Å². The van der Waals surface area contributed by atoms with Gasteiger partial charge in [0.1, 0.15) is 0 Å². The standard InChI is InChI=1S/C18H24N4O3S/c1-2-26(24,25)20-17-7-5-16(6-8-17)18(23)22-10-3-4-15(13-22)12-21-11-9-19-14-21/h5-9,11,14-15,20H,2-4,10,12-13H2,1H3. The van der Waals surface area contributed by atoms with Crippen molar-refractivity contribution in [3.05, 3.63) is 48.5 Å². The Balaban J connectivity index is 1.63. The van der Waals surface area contributed by atoms with Crippen LogP contribution in [0.3, 0.4) is 0 Å². The molecule has 1 unspecified atom stereocenters. The monoisotopic (exact) mass is 376 g/mol. The number of anilines is 1. The van der Waals surface area contributed by atoms with Crippen LogP contribution in [0, 0.1) is 5.92 Å². The summed E-state index contributed by atoms with van der Waals surface area (Å²) in [6, 6.07) is 6.62. The molecule has 1 amide bonds. The first-order valence-corrected chi connectivity index (χ1v) is 10.5. The molecule has 1 aromatic heterocycles. The Bertz CT molecular complexity index is 832. The molecule has 26 heavy (non-hydrogen) atoms. The highest BCUT2D eigenvalue weighted by Gasteiger charge is 2.24. The van der Waals surface area contributed by atoms with E-state index in [-0.39, 0.29) is 11.7 Å². The molecule has 7 nitrogen and oxygen atoms in total. The number of piperidine rings is 1. The van der Waals surface area contributed by atoms with E-state index in [0.717, 1.165) is 32.5 Å². The van der Waals surface area contributed by atoms with E-state index in [2.05, 4.69) is 9.71 Å². The normalized spacial score (nSPS) is 17.9. The molecule has 1 aliphatic heterocycles. The zero-order valence-electron chi connectivity index (χ0n) is 14.8. The Kier molecular flexibility index (Phi) is 5.61. The summed E-state index contributed by atoms with van der Waals surface area (Å²) in [5.74, 6) is 0.419. The fraction of sp³-hybridized carbons (Fsp3) is 0.444. The quantitative estimate of drug-likeness (QED) is 0.838. The number of nitrogens with zero attached hydrogens (tertiary/aromatic N) is 3. The molecule has 8 heteroatoms. The van der Waals surface area contributed by atoms with Crippen LogP contribution in [0.1, 0.15) is 30.1 Å². The second-order valence-corrected chi connectivity index (χ2v) is 8.61. The zero-order valence-corrected chi connectivity index (χ0v) is 15.7. The van der Waals surface area contributed by atoms with E-state index >= 15 is 0 Å². The van der Waals surface area contributed by atoms with Crippen LogP contribution in [0.2, 0.25) is 0 Å². The third kappa shape index (κ3) is 4.63. The molecule has 1 aliphatic rings. The summed E-state index contributed by atoms with van der Waals surface area (Å²) in [4.78, 5) is 18.7. The number of nitrogens with one attached hydrogen (secondary N) is 1. The first-order chi connectivity index (χ1) is 12.5. The number of carbonyl (C=O) groups excluding carboxylic acids is 1. The molecule has 1 aromatic carbocycles. The second-order valence-electron chi connectivity index (χ2n) is 6.60. The Morgan fingerprint density at radius 2 is 2.08 bits per heavy atom. The lowest BCUT2D eigenvalue weighted by Crippen LogP contribution is -2.41. The van der Waals surface area contributed by atoms with Gasteiger partial charge in [0.05, 0.1) is 12.1 Å². The summed E-state index contributed by atoms with van der Waals surface area (Å²) in [5, 5.41) is 0. The van der Waals surface area contributed by atoms with Crippen molar-refractivity contribution in [3.63, 3.8) is 0 Å². The van der Waals surface area contributed by atoms with Gasteiger partial charge in [0, 0.05) is 43.3 Å². The Labute approximate surface area is 154 Å². The fourth-order valence-electron chi connectivity index (χ4n) is 3.21. The van der Waals surface area contributed by atoms with Crippen molar-refractivity contribution >= 4 is 21.6 Å². The van der Waals surface area contributed by atoms with Crippen molar-refractivity contribution in [2.75, 3.05) is 23.6 Å². The van der Waals surface area contributed by atoms with Gasteiger partial charge in [-0.1, -0.05) is 0 Å².